The fourth-order valence-corrected chi connectivity index (χ4v) is 1.78. The van der Waals surface area contributed by atoms with Crippen molar-refractivity contribution in [1.82, 2.24) is 9.97 Å². The van der Waals surface area contributed by atoms with Crippen LogP contribution in [-0.4, -0.2) is 15.1 Å². The number of rotatable bonds is 1. The maximum Gasteiger partial charge on any atom is 0.215 e. The molecule has 0 aliphatic carbocycles. The SMILES string of the molecule is Oc1[nH]c(=S)[nH]c1C=c1ccc2c(c1)N=NN=2. The number of H-pyrrole nitrogens is 2. The second-order valence-electron chi connectivity index (χ2n) is 3.52. The molecule has 3 N–H and O–H groups in total. The lowest BCUT2D eigenvalue weighted by atomic mass is 10.2. The summed E-state index contributed by atoms with van der Waals surface area (Å²) < 4.78 is 0.379. The van der Waals surface area contributed by atoms with Crippen molar-refractivity contribution in [2.24, 2.45) is 15.4 Å². The molecule has 2 aromatic rings. The van der Waals surface area contributed by atoms with Gasteiger partial charge in [-0.05, 0) is 40.9 Å². The van der Waals surface area contributed by atoms with E-state index in [1.54, 1.807) is 6.08 Å². The summed E-state index contributed by atoms with van der Waals surface area (Å²) in [6, 6.07) is 5.51. The van der Waals surface area contributed by atoms with Gasteiger partial charge >= 0.3 is 0 Å². The number of hydrogen-bond acceptors (Lipinski definition) is 5. The van der Waals surface area contributed by atoms with Crippen molar-refractivity contribution in [3.05, 3.63) is 39.2 Å². The molecule has 84 valence electrons. The van der Waals surface area contributed by atoms with Crippen LogP contribution in [0.2, 0.25) is 0 Å². The standard InChI is InChI=1S/C10H7N5OS/c16-9-8(11-10(17)12-9)4-5-1-2-6-7(3-5)14-15-13-6/h1-4,16H,(H2,11,12,17). The Morgan fingerprint density at radius 3 is 2.94 bits per heavy atom. The van der Waals surface area contributed by atoms with Crippen molar-refractivity contribution < 1.29 is 5.11 Å². The van der Waals surface area contributed by atoms with Crippen molar-refractivity contribution in [3.63, 3.8) is 0 Å². The van der Waals surface area contributed by atoms with Crippen LogP contribution in [0.25, 0.3) is 6.08 Å². The van der Waals surface area contributed by atoms with Gasteiger partial charge in [0.2, 0.25) is 5.88 Å². The molecular weight excluding hydrogens is 238 g/mol. The van der Waals surface area contributed by atoms with E-state index in [9.17, 15) is 5.11 Å². The van der Waals surface area contributed by atoms with E-state index in [0.29, 0.717) is 16.2 Å². The summed E-state index contributed by atoms with van der Waals surface area (Å²) in [5, 5.41) is 22.4. The Kier molecular flexibility index (Phi) is 2.12. The molecule has 7 heteroatoms. The summed E-state index contributed by atoms with van der Waals surface area (Å²) in [6.45, 7) is 0. The van der Waals surface area contributed by atoms with Crippen molar-refractivity contribution in [2.75, 3.05) is 0 Å². The highest BCUT2D eigenvalue weighted by atomic mass is 32.1. The Labute approximate surface area is 100 Å². The summed E-state index contributed by atoms with van der Waals surface area (Å²) in [7, 11) is 0. The quantitative estimate of drug-likeness (QED) is 0.660. The van der Waals surface area contributed by atoms with E-state index in [-0.39, 0.29) is 5.88 Å². The van der Waals surface area contributed by atoms with Gasteiger partial charge < -0.3 is 15.1 Å². The molecular formula is C10H7N5OS. The Morgan fingerprint density at radius 2 is 2.18 bits per heavy atom. The zero-order valence-corrected chi connectivity index (χ0v) is 9.32. The van der Waals surface area contributed by atoms with Gasteiger partial charge in [-0.2, -0.15) is 0 Å². The van der Waals surface area contributed by atoms with Gasteiger partial charge in [-0.25, -0.2) is 0 Å². The summed E-state index contributed by atoms with van der Waals surface area (Å²) >= 11 is 4.88. The minimum absolute atomic E-state index is 0.0156. The largest absolute Gasteiger partial charge is 0.493 e. The van der Waals surface area contributed by atoms with Crippen molar-refractivity contribution in [2.45, 2.75) is 0 Å². The van der Waals surface area contributed by atoms with Gasteiger partial charge in [-0.15, -0.1) is 10.2 Å². The van der Waals surface area contributed by atoms with E-state index < -0.39 is 0 Å². The van der Waals surface area contributed by atoms with E-state index in [2.05, 4.69) is 25.4 Å². The highest BCUT2D eigenvalue weighted by Gasteiger charge is 2.02. The molecule has 0 spiro atoms. The van der Waals surface area contributed by atoms with Crippen molar-refractivity contribution >= 4 is 24.0 Å². The number of hydrogen-bond donors (Lipinski definition) is 3. The zero-order valence-electron chi connectivity index (χ0n) is 8.51. The number of aromatic hydroxyl groups is 1. The van der Waals surface area contributed by atoms with E-state index in [1.165, 1.54) is 0 Å². The first-order valence-electron chi connectivity index (χ1n) is 4.84. The molecule has 0 fully saturated rings. The molecule has 1 aliphatic rings. The van der Waals surface area contributed by atoms with Crippen LogP contribution in [0, 0.1) is 4.77 Å². The van der Waals surface area contributed by atoms with Crippen LogP contribution in [0.4, 0.5) is 5.69 Å². The third-order valence-electron chi connectivity index (χ3n) is 2.35. The van der Waals surface area contributed by atoms with Gasteiger partial charge in [-0.1, -0.05) is 6.07 Å². The molecule has 0 unspecified atom stereocenters. The van der Waals surface area contributed by atoms with Crippen LogP contribution in [0.3, 0.4) is 0 Å². The number of aromatic nitrogens is 2. The molecule has 0 saturated heterocycles. The van der Waals surface area contributed by atoms with E-state index in [0.717, 1.165) is 10.6 Å². The number of nitrogens with one attached hydrogen (secondary N) is 2. The maximum absolute atomic E-state index is 9.54. The Morgan fingerprint density at radius 1 is 1.29 bits per heavy atom. The second kappa shape index (κ2) is 3.63. The lowest BCUT2D eigenvalue weighted by molar-refractivity contribution is 0.455. The van der Waals surface area contributed by atoms with Gasteiger partial charge in [-0.3, -0.25) is 0 Å². The van der Waals surface area contributed by atoms with E-state index in [4.69, 9.17) is 12.2 Å². The van der Waals surface area contributed by atoms with Crippen LogP contribution in [0.5, 0.6) is 5.88 Å². The third kappa shape index (κ3) is 1.76. The number of benzene rings is 1. The van der Waals surface area contributed by atoms with Crippen molar-refractivity contribution in [3.8, 4) is 5.88 Å². The number of aromatic amines is 2. The normalized spacial score (nSPS) is 13.8. The van der Waals surface area contributed by atoms with Crippen LogP contribution in [0.15, 0.2) is 33.6 Å². The zero-order chi connectivity index (χ0) is 11.8. The molecule has 1 aromatic carbocycles. The van der Waals surface area contributed by atoms with Gasteiger partial charge in [0.1, 0.15) is 16.7 Å². The molecule has 0 saturated carbocycles. The number of nitrogens with zero attached hydrogens (tertiary/aromatic N) is 3. The molecule has 2 heterocycles. The van der Waals surface area contributed by atoms with Crippen LogP contribution in [-0.2, 0) is 0 Å². The van der Waals surface area contributed by atoms with E-state index in [1.807, 2.05) is 18.2 Å². The minimum Gasteiger partial charge on any atom is -0.493 e. The number of imidazole rings is 1. The summed E-state index contributed by atoms with van der Waals surface area (Å²) in [6.07, 6.45) is 1.76. The molecule has 6 nitrogen and oxygen atoms in total. The monoisotopic (exact) mass is 245 g/mol. The van der Waals surface area contributed by atoms with Gasteiger partial charge in [0, 0.05) is 0 Å². The molecule has 0 atom stereocenters. The molecule has 1 aromatic heterocycles. The summed E-state index contributed by atoms with van der Waals surface area (Å²) in [5.74, 6) is 0.0156. The smallest absolute Gasteiger partial charge is 0.215 e. The second-order valence-corrected chi connectivity index (χ2v) is 3.93. The fraction of sp³-hybridized carbons (Fsp3) is 0. The first kappa shape index (κ1) is 9.91. The highest BCUT2D eigenvalue weighted by molar-refractivity contribution is 7.71. The van der Waals surface area contributed by atoms with Crippen LogP contribution < -0.4 is 10.6 Å². The topological polar surface area (TPSA) is 88.9 Å². The van der Waals surface area contributed by atoms with Gasteiger partial charge in [0.25, 0.3) is 0 Å². The third-order valence-corrected chi connectivity index (χ3v) is 2.55. The Bertz CT molecular complexity index is 786. The fourth-order valence-electron chi connectivity index (χ4n) is 1.57. The maximum atomic E-state index is 9.54. The van der Waals surface area contributed by atoms with E-state index >= 15 is 0 Å². The lowest BCUT2D eigenvalue weighted by Gasteiger charge is -1.90. The predicted octanol–water partition coefficient (Wildman–Crippen LogP) is 1.24. The molecule has 0 bridgehead atoms. The molecule has 1 aliphatic heterocycles. The van der Waals surface area contributed by atoms with Gasteiger partial charge in [0.15, 0.2) is 4.77 Å². The van der Waals surface area contributed by atoms with Crippen molar-refractivity contribution in [1.29, 1.82) is 0 Å². The van der Waals surface area contributed by atoms with Crippen LogP contribution >= 0.6 is 12.2 Å². The molecule has 0 radical (unpaired) electrons. The Balaban J connectivity index is 2.17. The molecule has 17 heavy (non-hydrogen) atoms. The first-order valence-corrected chi connectivity index (χ1v) is 5.25. The summed E-state index contributed by atoms with van der Waals surface area (Å²) in [4.78, 5) is 5.44. The molecule has 0 amide bonds. The van der Waals surface area contributed by atoms with Gasteiger partial charge in [0.05, 0.1) is 0 Å². The van der Waals surface area contributed by atoms with Crippen LogP contribution in [0.1, 0.15) is 5.69 Å². The molecule has 3 rings (SSSR count). The first-order chi connectivity index (χ1) is 8.22. The average molecular weight is 245 g/mol. The summed E-state index contributed by atoms with van der Waals surface area (Å²) in [5.41, 5.74) is 1.24. The Hall–Kier alpha value is -2.28. The minimum atomic E-state index is 0.0156. The number of fused-ring (bicyclic) bond motifs is 1. The average Bonchev–Trinajstić information content (AvgIpc) is 2.85. The lowest BCUT2D eigenvalue weighted by Crippen LogP contribution is -2.06. The predicted molar refractivity (Wildman–Crippen MR) is 62.9 cm³/mol. The highest BCUT2D eigenvalue weighted by Crippen LogP contribution is 2.12.